The lowest BCUT2D eigenvalue weighted by atomic mass is 9.98. The van der Waals surface area contributed by atoms with Crippen molar-refractivity contribution in [3.8, 4) is 22.9 Å². The van der Waals surface area contributed by atoms with Crippen molar-refractivity contribution < 1.29 is 19.4 Å². The van der Waals surface area contributed by atoms with Gasteiger partial charge in [0.15, 0.2) is 5.82 Å². The maximum atomic E-state index is 11.0. The van der Waals surface area contributed by atoms with Crippen molar-refractivity contribution in [1.82, 2.24) is 9.97 Å². The minimum atomic E-state index is -0.740. The number of carboxylic acids is 1. The van der Waals surface area contributed by atoms with E-state index in [1.807, 2.05) is 49.5 Å². The molecule has 172 valence electrons. The lowest BCUT2D eigenvalue weighted by Crippen LogP contribution is -2.10. The summed E-state index contributed by atoms with van der Waals surface area (Å²) in [5.74, 6) is 2.50. The zero-order valence-electron chi connectivity index (χ0n) is 19.0. The molecule has 1 atom stereocenters. The summed E-state index contributed by atoms with van der Waals surface area (Å²) in [5, 5.41) is 12.5. The fourth-order valence-electron chi connectivity index (χ4n) is 4.16. The smallest absolute Gasteiger partial charge is 0.303 e. The molecule has 0 saturated carbocycles. The predicted molar refractivity (Wildman–Crippen MR) is 127 cm³/mol. The molecule has 0 saturated heterocycles. The summed E-state index contributed by atoms with van der Waals surface area (Å²) in [6.45, 7) is 3.30. The molecule has 0 radical (unpaired) electrons. The Kier molecular flexibility index (Phi) is 7.07. The van der Waals surface area contributed by atoms with Crippen molar-refractivity contribution in [2.75, 3.05) is 25.6 Å². The Morgan fingerprint density at radius 1 is 1.18 bits per heavy atom. The third kappa shape index (κ3) is 5.61. The van der Waals surface area contributed by atoms with Crippen LogP contribution in [0.4, 0.5) is 5.82 Å². The standard InChI is InChI=1S/C26H29N3O4/c1-17-16-28-26(18-6-8-21(32-2)9-7-18)29-25(17)27-12-3-13-33-22-10-11-23-19(14-22)4-5-20(23)15-24(30)31/h6-11,14,16,20H,3-5,12-13,15H2,1-2H3,(H,30,31)(H,27,28,29)/t20-/m0/s1. The van der Waals surface area contributed by atoms with E-state index in [2.05, 4.69) is 21.4 Å². The second-order valence-electron chi connectivity index (χ2n) is 8.28. The number of anilines is 1. The normalized spacial score (nSPS) is 14.5. The van der Waals surface area contributed by atoms with Crippen LogP contribution in [0.15, 0.2) is 48.7 Å². The summed E-state index contributed by atoms with van der Waals surface area (Å²) in [5.41, 5.74) is 4.28. The molecule has 1 aliphatic carbocycles. The van der Waals surface area contributed by atoms with Crippen LogP contribution in [-0.4, -0.2) is 41.3 Å². The van der Waals surface area contributed by atoms with Crippen molar-refractivity contribution in [3.05, 3.63) is 65.4 Å². The number of ether oxygens (including phenoxy) is 2. The van der Waals surface area contributed by atoms with E-state index in [9.17, 15) is 4.79 Å². The third-order valence-corrected chi connectivity index (χ3v) is 5.94. The molecule has 3 aromatic rings. The number of methoxy groups -OCH3 is 1. The van der Waals surface area contributed by atoms with Gasteiger partial charge in [0.05, 0.1) is 20.1 Å². The van der Waals surface area contributed by atoms with Crippen molar-refractivity contribution in [1.29, 1.82) is 0 Å². The molecular weight excluding hydrogens is 418 g/mol. The topological polar surface area (TPSA) is 93.6 Å². The van der Waals surface area contributed by atoms with Gasteiger partial charge in [-0.25, -0.2) is 9.97 Å². The Labute approximate surface area is 193 Å². The summed E-state index contributed by atoms with van der Waals surface area (Å²) < 4.78 is 11.1. The quantitative estimate of drug-likeness (QED) is 0.429. The Morgan fingerprint density at radius 3 is 2.73 bits per heavy atom. The number of aliphatic carboxylic acids is 1. The van der Waals surface area contributed by atoms with E-state index in [0.29, 0.717) is 12.4 Å². The number of benzene rings is 2. The molecule has 7 heteroatoms. The molecule has 0 aliphatic heterocycles. The second kappa shape index (κ2) is 10.3. The number of carboxylic acid groups (broad SMARTS) is 1. The van der Waals surface area contributed by atoms with E-state index in [1.54, 1.807) is 7.11 Å². The molecule has 2 aromatic carbocycles. The van der Waals surface area contributed by atoms with E-state index in [-0.39, 0.29) is 12.3 Å². The lowest BCUT2D eigenvalue weighted by molar-refractivity contribution is -0.137. The number of fused-ring (bicyclic) bond motifs is 1. The van der Waals surface area contributed by atoms with Crippen molar-refractivity contribution in [2.24, 2.45) is 0 Å². The van der Waals surface area contributed by atoms with Crippen LogP contribution in [0.3, 0.4) is 0 Å². The molecule has 0 unspecified atom stereocenters. The largest absolute Gasteiger partial charge is 0.497 e. The molecule has 0 amide bonds. The van der Waals surface area contributed by atoms with Crippen LogP contribution in [0.2, 0.25) is 0 Å². The van der Waals surface area contributed by atoms with Gasteiger partial charge < -0.3 is 19.9 Å². The average molecular weight is 448 g/mol. The maximum Gasteiger partial charge on any atom is 0.303 e. The summed E-state index contributed by atoms with van der Waals surface area (Å²) in [6, 6.07) is 13.7. The zero-order chi connectivity index (χ0) is 23.2. The Hall–Kier alpha value is -3.61. The van der Waals surface area contributed by atoms with Gasteiger partial charge in [-0.2, -0.15) is 0 Å². The van der Waals surface area contributed by atoms with E-state index in [1.165, 1.54) is 5.56 Å². The molecule has 0 bridgehead atoms. The predicted octanol–water partition coefficient (Wildman–Crippen LogP) is 4.85. The van der Waals surface area contributed by atoms with Gasteiger partial charge in [0, 0.05) is 23.9 Å². The number of aryl methyl sites for hydroxylation is 2. The summed E-state index contributed by atoms with van der Waals surface area (Å²) in [6.07, 6.45) is 4.65. The van der Waals surface area contributed by atoms with E-state index in [4.69, 9.17) is 14.6 Å². The number of carbonyl (C=O) groups is 1. The molecule has 0 fully saturated rings. The van der Waals surface area contributed by atoms with E-state index >= 15 is 0 Å². The highest BCUT2D eigenvalue weighted by Gasteiger charge is 2.24. The molecule has 1 aromatic heterocycles. The number of hydrogen-bond acceptors (Lipinski definition) is 6. The minimum absolute atomic E-state index is 0.120. The van der Waals surface area contributed by atoms with Gasteiger partial charge in [-0.3, -0.25) is 4.79 Å². The van der Waals surface area contributed by atoms with Gasteiger partial charge >= 0.3 is 5.97 Å². The van der Waals surface area contributed by atoms with Gasteiger partial charge in [-0.15, -0.1) is 0 Å². The minimum Gasteiger partial charge on any atom is -0.497 e. The zero-order valence-corrected chi connectivity index (χ0v) is 19.0. The SMILES string of the molecule is COc1ccc(-c2ncc(C)c(NCCCOc3ccc4c(c3)CC[C@H]4CC(=O)O)n2)cc1. The monoisotopic (exact) mass is 447 g/mol. The first-order chi connectivity index (χ1) is 16.0. The van der Waals surface area contributed by atoms with Gasteiger partial charge in [0.1, 0.15) is 17.3 Å². The highest BCUT2D eigenvalue weighted by Crippen LogP contribution is 2.37. The van der Waals surface area contributed by atoms with Crippen LogP contribution in [0.1, 0.15) is 41.9 Å². The number of rotatable bonds is 10. The first kappa shape index (κ1) is 22.6. The summed E-state index contributed by atoms with van der Waals surface area (Å²) >= 11 is 0. The van der Waals surface area contributed by atoms with Crippen LogP contribution in [0.5, 0.6) is 11.5 Å². The molecule has 7 nitrogen and oxygen atoms in total. The third-order valence-electron chi connectivity index (χ3n) is 5.94. The van der Waals surface area contributed by atoms with Crippen LogP contribution in [-0.2, 0) is 11.2 Å². The van der Waals surface area contributed by atoms with Gasteiger partial charge in [-0.1, -0.05) is 6.07 Å². The fraction of sp³-hybridized carbons (Fsp3) is 0.346. The highest BCUT2D eigenvalue weighted by molar-refractivity contribution is 5.68. The molecular formula is C26H29N3O4. The van der Waals surface area contributed by atoms with Crippen LogP contribution in [0, 0.1) is 6.92 Å². The Balaban J connectivity index is 1.28. The summed E-state index contributed by atoms with van der Waals surface area (Å²) in [7, 11) is 1.64. The lowest BCUT2D eigenvalue weighted by Gasteiger charge is -2.12. The number of nitrogens with zero attached hydrogens (tertiary/aromatic N) is 2. The summed E-state index contributed by atoms with van der Waals surface area (Å²) in [4.78, 5) is 20.2. The first-order valence-corrected chi connectivity index (χ1v) is 11.2. The number of nitrogens with one attached hydrogen (secondary N) is 1. The van der Waals surface area contributed by atoms with Crippen LogP contribution >= 0.6 is 0 Å². The molecule has 33 heavy (non-hydrogen) atoms. The first-order valence-electron chi connectivity index (χ1n) is 11.2. The highest BCUT2D eigenvalue weighted by atomic mass is 16.5. The molecule has 1 aliphatic rings. The maximum absolute atomic E-state index is 11.0. The Morgan fingerprint density at radius 2 is 1.97 bits per heavy atom. The van der Waals surface area contributed by atoms with Gasteiger partial charge in [0.25, 0.3) is 0 Å². The average Bonchev–Trinajstić information content (AvgIpc) is 3.21. The molecule has 2 N–H and O–H groups in total. The Bertz CT molecular complexity index is 1120. The van der Waals surface area contributed by atoms with Crippen LogP contribution < -0.4 is 14.8 Å². The molecule has 4 rings (SSSR count). The van der Waals surface area contributed by atoms with Crippen molar-refractivity contribution >= 4 is 11.8 Å². The molecule has 0 spiro atoms. The second-order valence-corrected chi connectivity index (χ2v) is 8.28. The van der Waals surface area contributed by atoms with E-state index in [0.717, 1.165) is 59.8 Å². The number of hydrogen-bond donors (Lipinski definition) is 2. The van der Waals surface area contributed by atoms with Crippen molar-refractivity contribution in [3.63, 3.8) is 0 Å². The molecule has 1 heterocycles. The van der Waals surface area contributed by atoms with Gasteiger partial charge in [0.2, 0.25) is 0 Å². The van der Waals surface area contributed by atoms with Crippen LogP contribution in [0.25, 0.3) is 11.4 Å². The van der Waals surface area contributed by atoms with Gasteiger partial charge in [-0.05, 0) is 79.6 Å². The fourth-order valence-corrected chi connectivity index (χ4v) is 4.16. The number of aromatic nitrogens is 2. The van der Waals surface area contributed by atoms with Crippen molar-refractivity contribution in [2.45, 2.75) is 38.5 Å². The van der Waals surface area contributed by atoms with E-state index < -0.39 is 5.97 Å².